The summed E-state index contributed by atoms with van der Waals surface area (Å²) in [5, 5.41) is 5.40. The van der Waals surface area contributed by atoms with E-state index in [2.05, 4.69) is 17.6 Å². The average molecular weight is 471 g/mol. The number of nitrogens with zero attached hydrogens (tertiary/aromatic N) is 2. The van der Waals surface area contributed by atoms with Gasteiger partial charge in [0.1, 0.15) is 12.1 Å². The first-order valence-corrected chi connectivity index (χ1v) is 11.8. The van der Waals surface area contributed by atoms with Gasteiger partial charge in [0.15, 0.2) is 6.61 Å². The van der Waals surface area contributed by atoms with Gasteiger partial charge < -0.3 is 20.3 Å². The molecule has 5 amide bonds. The van der Waals surface area contributed by atoms with Gasteiger partial charge in [-0.05, 0) is 56.2 Å². The summed E-state index contributed by atoms with van der Waals surface area (Å²) in [6.07, 6.45) is 5.17. The molecule has 1 aromatic rings. The zero-order valence-corrected chi connectivity index (χ0v) is 19.3. The Labute approximate surface area is 198 Å². The Hall–Kier alpha value is -3.43. The lowest BCUT2D eigenvalue weighted by molar-refractivity contribution is -0.150. The summed E-state index contributed by atoms with van der Waals surface area (Å²) in [4.78, 5) is 64.2. The van der Waals surface area contributed by atoms with Crippen LogP contribution >= 0.6 is 0 Å². The lowest BCUT2D eigenvalue weighted by atomic mass is 9.75. The van der Waals surface area contributed by atoms with Crippen LogP contribution in [0.2, 0.25) is 0 Å². The topological polar surface area (TPSA) is 125 Å². The van der Waals surface area contributed by atoms with Crippen molar-refractivity contribution in [3.8, 4) is 0 Å². The van der Waals surface area contributed by atoms with Gasteiger partial charge in [-0.2, -0.15) is 0 Å². The van der Waals surface area contributed by atoms with Gasteiger partial charge in [0.25, 0.3) is 11.8 Å². The number of benzene rings is 1. The van der Waals surface area contributed by atoms with Crippen LogP contribution in [0, 0.1) is 5.92 Å². The number of amides is 5. The van der Waals surface area contributed by atoms with Gasteiger partial charge in [-0.25, -0.2) is 4.79 Å². The molecule has 1 aliphatic carbocycles. The quantitative estimate of drug-likeness (QED) is 0.465. The van der Waals surface area contributed by atoms with Gasteiger partial charge in [0, 0.05) is 24.3 Å². The summed E-state index contributed by atoms with van der Waals surface area (Å²) >= 11 is 0. The minimum Gasteiger partial charge on any atom is -0.454 e. The van der Waals surface area contributed by atoms with E-state index < -0.39 is 42.5 Å². The number of anilines is 2. The molecule has 2 heterocycles. The van der Waals surface area contributed by atoms with E-state index in [1.54, 1.807) is 29.2 Å². The first kappa shape index (κ1) is 23.7. The normalized spacial score (nSPS) is 24.5. The van der Waals surface area contributed by atoms with Crippen LogP contribution < -0.4 is 15.5 Å². The molecule has 182 valence electrons. The molecule has 4 rings (SSSR count). The van der Waals surface area contributed by atoms with Crippen molar-refractivity contribution in [2.75, 3.05) is 29.9 Å². The molecule has 2 aliphatic heterocycles. The van der Waals surface area contributed by atoms with Crippen molar-refractivity contribution in [1.29, 1.82) is 0 Å². The maximum Gasteiger partial charge on any atom is 0.326 e. The molecule has 10 heteroatoms. The molecule has 2 saturated heterocycles. The second-order valence-electron chi connectivity index (χ2n) is 9.16. The average Bonchev–Trinajstić information content (AvgIpc) is 3.35. The third-order valence-electron chi connectivity index (χ3n) is 6.95. The Balaban J connectivity index is 1.26. The lowest BCUT2D eigenvalue weighted by Crippen LogP contribution is -2.49. The van der Waals surface area contributed by atoms with Crippen molar-refractivity contribution in [2.24, 2.45) is 5.92 Å². The number of nitrogens with one attached hydrogen (secondary N) is 2. The minimum atomic E-state index is -0.928. The molecule has 1 aromatic carbocycles. The largest absolute Gasteiger partial charge is 0.454 e. The third kappa shape index (κ3) is 4.90. The molecule has 1 spiro atoms. The van der Waals surface area contributed by atoms with Crippen LogP contribution in [0.15, 0.2) is 24.3 Å². The van der Waals surface area contributed by atoms with Crippen molar-refractivity contribution in [3.05, 3.63) is 24.3 Å². The number of esters is 1. The molecule has 3 fully saturated rings. The van der Waals surface area contributed by atoms with Crippen LogP contribution in [0.4, 0.5) is 16.2 Å². The highest BCUT2D eigenvalue weighted by molar-refractivity contribution is 6.08. The van der Waals surface area contributed by atoms with Crippen LogP contribution in [0.25, 0.3) is 0 Å². The second kappa shape index (κ2) is 9.82. The van der Waals surface area contributed by atoms with Crippen molar-refractivity contribution in [3.63, 3.8) is 0 Å². The summed E-state index contributed by atoms with van der Waals surface area (Å²) in [5.41, 5.74) is 0.233. The third-order valence-corrected chi connectivity index (χ3v) is 6.95. The summed E-state index contributed by atoms with van der Waals surface area (Å²) in [7, 11) is 0. The molecule has 0 atom stereocenters. The van der Waals surface area contributed by atoms with Gasteiger partial charge in [0.05, 0.1) is 0 Å². The van der Waals surface area contributed by atoms with Gasteiger partial charge in [-0.3, -0.25) is 24.1 Å². The monoisotopic (exact) mass is 470 g/mol. The van der Waals surface area contributed by atoms with Gasteiger partial charge in [-0.15, -0.1) is 0 Å². The molecule has 34 heavy (non-hydrogen) atoms. The van der Waals surface area contributed by atoms with Crippen molar-refractivity contribution in [1.82, 2.24) is 10.2 Å². The molecule has 2 N–H and O–H groups in total. The standard InChI is InChI=1S/C24H30N4O6/c1-2-16-8-10-24(11-9-16)22(32)28(23(33)26-24)14-21(31)34-15-19(29)25-17-5-3-6-18(13-17)27-12-4-7-20(27)30/h3,5-6,13,16H,2,4,7-12,14-15H2,1H3,(H,25,29)(H,26,33). The molecule has 0 bridgehead atoms. The van der Waals surface area contributed by atoms with Gasteiger partial charge in [0.2, 0.25) is 5.91 Å². The van der Waals surface area contributed by atoms with Crippen molar-refractivity contribution < 1.29 is 28.7 Å². The maximum atomic E-state index is 12.9. The van der Waals surface area contributed by atoms with Crippen LogP contribution in [0.5, 0.6) is 0 Å². The summed E-state index contributed by atoms with van der Waals surface area (Å²) in [6, 6.07) is 6.27. The second-order valence-corrected chi connectivity index (χ2v) is 9.16. The minimum absolute atomic E-state index is 0.0399. The van der Waals surface area contributed by atoms with E-state index in [-0.39, 0.29) is 5.91 Å². The van der Waals surface area contributed by atoms with E-state index >= 15 is 0 Å². The van der Waals surface area contributed by atoms with E-state index in [0.29, 0.717) is 43.1 Å². The SMILES string of the molecule is CCC1CCC2(CC1)NC(=O)N(CC(=O)OCC(=O)Nc1cccc(N3CCCC3=O)c1)C2=O. The molecular weight excluding hydrogens is 440 g/mol. The molecule has 0 aromatic heterocycles. The highest BCUT2D eigenvalue weighted by Crippen LogP contribution is 2.37. The maximum absolute atomic E-state index is 12.9. The van der Waals surface area contributed by atoms with Crippen molar-refractivity contribution >= 4 is 41.1 Å². The van der Waals surface area contributed by atoms with Crippen LogP contribution in [0.1, 0.15) is 51.9 Å². The Bertz CT molecular complexity index is 1000. The van der Waals surface area contributed by atoms with Crippen LogP contribution in [0.3, 0.4) is 0 Å². The zero-order valence-electron chi connectivity index (χ0n) is 19.3. The predicted octanol–water partition coefficient (Wildman–Crippen LogP) is 2.19. The Morgan fingerprint density at radius 3 is 2.65 bits per heavy atom. The summed E-state index contributed by atoms with van der Waals surface area (Å²) in [5.74, 6) is -1.22. The van der Waals surface area contributed by atoms with Gasteiger partial charge in [-0.1, -0.05) is 19.4 Å². The summed E-state index contributed by atoms with van der Waals surface area (Å²) in [6.45, 7) is 1.65. The van der Waals surface area contributed by atoms with E-state index in [1.807, 2.05) is 0 Å². The van der Waals surface area contributed by atoms with Crippen LogP contribution in [-0.4, -0.2) is 59.9 Å². The number of imide groups is 1. The summed E-state index contributed by atoms with van der Waals surface area (Å²) < 4.78 is 5.00. The van der Waals surface area contributed by atoms with Gasteiger partial charge >= 0.3 is 12.0 Å². The van der Waals surface area contributed by atoms with E-state index in [0.717, 1.165) is 30.6 Å². The molecule has 0 unspecified atom stereocenters. The smallest absolute Gasteiger partial charge is 0.326 e. The Morgan fingerprint density at radius 1 is 1.21 bits per heavy atom. The number of urea groups is 1. The van der Waals surface area contributed by atoms with E-state index in [4.69, 9.17) is 4.74 Å². The molecular formula is C24H30N4O6. The fourth-order valence-electron chi connectivity index (χ4n) is 4.93. The molecule has 10 nitrogen and oxygen atoms in total. The fourth-order valence-corrected chi connectivity index (χ4v) is 4.93. The first-order chi connectivity index (χ1) is 16.3. The van der Waals surface area contributed by atoms with Crippen molar-refractivity contribution in [2.45, 2.75) is 57.4 Å². The van der Waals surface area contributed by atoms with E-state index in [9.17, 15) is 24.0 Å². The number of hydrogen-bond donors (Lipinski definition) is 2. The first-order valence-electron chi connectivity index (χ1n) is 11.8. The number of carbonyl (C=O) groups excluding carboxylic acids is 5. The highest BCUT2D eigenvalue weighted by Gasteiger charge is 2.52. The predicted molar refractivity (Wildman–Crippen MR) is 123 cm³/mol. The van der Waals surface area contributed by atoms with Crippen LogP contribution in [-0.2, 0) is 23.9 Å². The lowest BCUT2D eigenvalue weighted by Gasteiger charge is -2.34. The number of rotatable bonds is 7. The van der Waals surface area contributed by atoms with E-state index in [1.165, 1.54) is 0 Å². The fraction of sp³-hybridized carbons (Fsp3) is 0.542. The zero-order chi connectivity index (χ0) is 24.3. The highest BCUT2D eigenvalue weighted by atomic mass is 16.5. The number of carbonyl (C=O) groups is 5. The number of hydrogen-bond acceptors (Lipinski definition) is 6. The Kier molecular flexibility index (Phi) is 6.85. The molecule has 3 aliphatic rings. The molecule has 0 radical (unpaired) electrons. The number of ether oxygens (including phenoxy) is 1. The Morgan fingerprint density at radius 2 is 1.97 bits per heavy atom. The molecule has 1 saturated carbocycles.